The quantitative estimate of drug-likeness (QED) is 0.391. The van der Waals surface area contributed by atoms with Gasteiger partial charge in [-0.05, 0) is 48.9 Å². The molecule has 12 heteroatoms. The highest BCUT2D eigenvalue weighted by Gasteiger charge is 2.20. The van der Waals surface area contributed by atoms with Gasteiger partial charge in [0.2, 0.25) is 10.0 Å². The number of hydrogen-bond acceptors (Lipinski definition) is 7. The fraction of sp³-hybridized carbons (Fsp3) is 0.391. The molecule has 1 amide bonds. The largest absolute Gasteiger partial charge is 0.383 e. The van der Waals surface area contributed by atoms with E-state index in [2.05, 4.69) is 4.99 Å². The monoisotopic (exact) mass is 539 g/mol. The number of amides is 1. The van der Waals surface area contributed by atoms with Gasteiger partial charge in [-0.25, -0.2) is 21.1 Å². The van der Waals surface area contributed by atoms with Crippen LogP contribution in [0.1, 0.15) is 30.1 Å². The van der Waals surface area contributed by atoms with Crippen LogP contribution in [0.3, 0.4) is 0 Å². The first-order valence-corrected chi connectivity index (χ1v) is 15.1. The van der Waals surface area contributed by atoms with Crippen LogP contribution >= 0.6 is 11.3 Å². The van der Waals surface area contributed by atoms with Gasteiger partial charge in [0.1, 0.15) is 0 Å². The highest BCUT2D eigenvalue weighted by atomic mass is 32.2. The van der Waals surface area contributed by atoms with Gasteiger partial charge in [-0.2, -0.15) is 4.99 Å². The highest BCUT2D eigenvalue weighted by Crippen LogP contribution is 2.22. The number of benzene rings is 2. The highest BCUT2D eigenvalue weighted by molar-refractivity contribution is 7.90. The summed E-state index contributed by atoms with van der Waals surface area (Å²) in [5, 5.41) is 0. The topological polar surface area (TPSA) is 115 Å². The Morgan fingerprint density at radius 3 is 2.34 bits per heavy atom. The zero-order valence-corrected chi connectivity index (χ0v) is 22.5. The van der Waals surface area contributed by atoms with Gasteiger partial charge in [0.05, 0.1) is 26.6 Å². The summed E-state index contributed by atoms with van der Waals surface area (Å²) in [6, 6.07) is 10.5. The molecule has 0 aliphatic carbocycles. The van der Waals surface area contributed by atoms with Crippen molar-refractivity contribution in [2.45, 2.75) is 36.1 Å². The molecule has 0 N–H and O–H groups in total. The van der Waals surface area contributed by atoms with E-state index in [0.717, 1.165) is 24.6 Å². The smallest absolute Gasteiger partial charge is 0.279 e. The molecular formula is C23H29N3O6S3. The summed E-state index contributed by atoms with van der Waals surface area (Å²) in [4.78, 5) is 17.9. The summed E-state index contributed by atoms with van der Waals surface area (Å²) < 4.78 is 58.3. The van der Waals surface area contributed by atoms with Crippen molar-refractivity contribution < 1.29 is 26.4 Å². The predicted octanol–water partition coefficient (Wildman–Crippen LogP) is 2.91. The molecule has 9 nitrogen and oxygen atoms in total. The first-order valence-electron chi connectivity index (χ1n) is 11.0. The lowest BCUT2D eigenvalue weighted by atomic mass is 10.2. The number of sulfonamides is 1. The average molecular weight is 540 g/mol. The molecular weight excluding hydrogens is 510 g/mol. The average Bonchev–Trinajstić information content (AvgIpc) is 3.16. The Labute approximate surface area is 209 Å². The molecule has 2 aromatic carbocycles. The summed E-state index contributed by atoms with van der Waals surface area (Å²) in [5.41, 5.74) is 0.982. The first kappa shape index (κ1) is 27.2. The number of carbonyl (C=O) groups is 1. The van der Waals surface area contributed by atoms with Crippen molar-refractivity contribution in [3.05, 3.63) is 52.8 Å². The molecule has 0 radical (unpaired) electrons. The number of thiazole rings is 1. The number of rotatable bonds is 10. The van der Waals surface area contributed by atoms with Gasteiger partial charge >= 0.3 is 0 Å². The number of nitrogens with zero attached hydrogens (tertiary/aromatic N) is 3. The maximum absolute atomic E-state index is 12.9. The molecule has 3 rings (SSSR count). The van der Waals surface area contributed by atoms with E-state index in [1.807, 2.05) is 6.92 Å². The van der Waals surface area contributed by atoms with Gasteiger partial charge in [-0.1, -0.05) is 24.7 Å². The predicted molar refractivity (Wildman–Crippen MR) is 136 cm³/mol. The van der Waals surface area contributed by atoms with Crippen LogP contribution in [0.2, 0.25) is 0 Å². The molecule has 0 atom stereocenters. The van der Waals surface area contributed by atoms with E-state index in [-0.39, 0.29) is 15.4 Å². The minimum atomic E-state index is -3.64. The normalized spacial score (nSPS) is 13.1. The third-order valence-electron chi connectivity index (χ3n) is 5.43. The number of carbonyl (C=O) groups excluding carboxylic acids is 1. The van der Waals surface area contributed by atoms with Crippen LogP contribution in [0, 0.1) is 0 Å². The van der Waals surface area contributed by atoms with Gasteiger partial charge in [0, 0.05) is 39.1 Å². The lowest BCUT2D eigenvalue weighted by Crippen LogP contribution is -2.27. The number of unbranched alkanes of at least 4 members (excludes halogenated alkanes) is 1. The number of aromatic nitrogens is 1. The molecule has 0 saturated heterocycles. The van der Waals surface area contributed by atoms with E-state index in [1.165, 1.54) is 53.0 Å². The third-order valence-corrected chi connectivity index (χ3v) is 9.46. The van der Waals surface area contributed by atoms with Gasteiger partial charge in [0.25, 0.3) is 5.91 Å². The first-order chi connectivity index (χ1) is 16.5. The van der Waals surface area contributed by atoms with E-state index in [1.54, 1.807) is 23.8 Å². The van der Waals surface area contributed by atoms with Crippen molar-refractivity contribution in [2.24, 2.45) is 4.99 Å². The number of sulfone groups is 1. The van der Waals surface area contributed by atoms with Crippen LogP contribution in [0.4, 0.5) is 0 Å². The van der Waals surface area contributed by atoms with E-state index in [9.17, 15) is 21.6 Å². The molecule has 0 bridgehead atoms. The molecule has 1 heterocycles. The molecule has 0 aliphatic heterocycles. The van der Waals surface area contributed by atoms with Crippen molar-refractivity contribution in [3.63, 3.8) is 0 Å². The van der Waals surface area contributed by atoms with Crippen LogP contribution in [-0.2, 0) is 31.1 Å². The van der Waals surface area contributed by atoms with Crippen molar-refractivity contribution >= 4 is 47.3 Å². The molecule has 0 unspecified atom stereocenters. The third kappa shape index (κ3) is 6.25. The van der Waals surface area contributed by atoms with Crippen LogP contribution in [-0.4, -0.2) is 65.2 Å². The molecule has 0 aliphatic rings. The second-order valence-electron chi connectivity index (χ2n) is 8.05. The number of methoxy groups -OCH3 is 1. The van der Waals surface area contributed by atoms with Crippen molar-refractivity contribution in [1.29, 1.82) is 0 Å². The Bertz CT molecular complexity index is 1490. The number of fused-ring (bicyclic) bond motifs is 1. The van der Waals surface area contributed by atoms with Gasteiger partial charge in [-0.3, -0.25) is 4.79 Å². The minimum Gasteiger partial charge on any atom is -0.383 e. The molecule has 35 heavy (non-hydrogen) atoms. The standard InChI is InChI=1S/C23H29N3O6S3/c1-5-6-13-25(2)35(30,31)18-9-7-17(8-10-18)22(27)24-23-26(14-15-32-3)20-12-11-19(34(4,28)29)16-21(20)33-23/h7-12,16H,5-6,13-15H2,1-4H3. The van der Waals surface area contributed by atoms with Crippen LogP contribution in [0.25, 0.3) is 10.2 Å². The maximum atomic E-state index is 12.9. The fourth-order valence-corrected chi connectivity index (χ4v) is 6.39. The van der Waals surface area contributed by atoms with Crippen LogP contribution in [0.15, 0.2) is 57.2 Å². The van der Waals surface area contributed by atoms with Crippen molar-refractivity contribution in [1.82, 2.24) is 8.87 Å². The van der Waals surface area contributed by atoms with Crippen LogP contribution in [0.5, 0.6) is 0 Å². The second kappa shape index (κ2) is 11.1. The number of hydrogen-bond donors (Lipinski definition) is 0. The minimum absolute atomic E-state index is 0.109. The maximum Gasteiger partial charge on any atom is 0.279 e. The lowest BCUT2D eigenvalue weighted by molar-refractivity contribution is 0.0997. The molecule has 1 aromatic heterocycles. The van der Waals surface area contributed by atoms with E-state index in [4.69, 9.17) is 4.74 Å². The lowest BCUT2D eigenvalue weighted by Gasteiger charge is -2.16. The zero-order valence-electron chi connectivity index (χ0n) is 20.1. The Kier molecular flexibility index (Phi) is 8.65. The SMILES string of the molecule is CCCCN(C)S(=O)(=O)c1ccc(C(=O)N=c2sc3cc(S(C)(=O)=O)ccc3n2CCOC)cc1. The Balaban J connectivity index is 1.98. The van der Waals surface area contributed by atoms with Gasteiger partial charge in [0.15, 0.2) is 14.6 Å². The van der Waals surface area contributed by atoms with Gasteiger partial charge < -0.3 is 9.30 Å². The van der Waals surface area contributed by atoms with Crippen molar-refractivity contribution in [3.8, 4) is 0 Å². The number of ether oxygens (including phenoxy) is 1. The molecule has 0 fully saturated rings. The van der Waals surface area contributed by atoms with Crippen molar-refractivity contribution in [2.75, 3.05) is 33.6 Å². The Morgan fingerprint density at radius 1 is 1.09 bits per heavy atom. The molecule has 3 aromatic rings. The molecule has 190 valence electrons. The summed E-state index contributed by atoms with van der Waals surface area (Å²) in [7, 11) is -3.92. The van der Waals surface area contributed by atoms with Crippen LogP contribution < -0.4 is 4.80 Å². The van der Waals surface area contributed by atoms with E-state index >= 15 is 0 Å². The zero-order chi connectivity index (χ0) is 25.8. The Hall–Kier alpha value is -2.38. The van der Waals surface area contributed by atoms with E-state index < -0.39 is 25.8 Å². The van der Waals surface area contributed by atoms with Gasteiger partial charge in [-0.15, -0.1) is 0 Å². The summed E-state index contributed by atoms with van der Waals surface area (Å²) in [6.07, 6.45) is 2.78. The summed E-state index contributed by atoms with van der Waals surface area (Å²) >= 11 is 1.20. The summed E-state index contributed by atoms with van der Waals surface area (Å²) in [6.45, 7) is 3.20. The fourth-order valence-electron chi connectivity index (χ4n) is 3.37. The Morgan fingerprint density at radius 2 is 1.74 bits per heavy atom. The second-order valence-corrected chi connectivity index (χ2v) is 13.1. The molecule has 0 spiro atoms. The molecule has 0 saturated carbocycles. The van der Waals surface area contributed by atoms with E-state index in [0.29, 0.717) is 29.2 Å². The summed E-state index contributed by atoms with van der Waals surface area (Å²) in [5.74, 6) is -0.533.